The van der Waals surface area contributed by atoms with E-state index in [4.69, 9.17) is 11.6 Å². The molecule has 0 aliphatic heterocycles. The molecule has 0 heterocycles. The Balaban J connectivity index is 2.74. The van der Waals surface area contributed by atoms with Gasteiger partial charge in [0.2, 0.25) is 10.0 Å². The van der Waals surface area contributed by atoms with Crippen molar-refractivity contribution in [3.63, 3.8) is 0 Å². The molecular weight excluding hydrogens is 334 g/mol. The number of hydrogen-bond acceptors (Lipinski definition) is 4. The molecule has 0 aromatic heterocycles. The lowest BCUT2D eigenvalue weighted by Gasteiger charge is -2.15. The Bertz CT molecular complexity index is 684. The van der Waals surface area contributed by atoms with Gasteiger partial charge in [-0.15, -0.1) is 0 Å². The molecule has 0 saturated heterocycles. The fourth-order valence-electron chi connectivity index (χ4n) is 1.77. The molecule has 1 unspecified atom stereocenters. The highest BCUT2D eigenvalue weighted by Gasteiger charge is 2.24. The maximum Gasteiger partial charge on any atom is 0.213 e. The van der Waals surface area contributed by atoms with E-state index in [0.717, 1.165) is 4.31 Å². The van der Waals surface area contributed by atoms with Crippen molar-refractivity contribution in [1.29, 1.82) is 0 Å². The number of benzene rings is 1. The third-order valence-corrected chi connectivity index (χ3v) is 7.60. The number of hydrogen-bond donors (Lipinski definition) is 0. The second kappa shape index (κ2) is 7.09. The topological polar surface area (TPSA) is 71.5 Å². The first-order valence-corrected chi connectivity index (χ1v) is 10.1. The molecular formula is C13H20ClNO4S2. The summed E-state index contributed by atoms with van der Waals surface area (Å²) >= 11 is 5.86. The van der Waals surface area contributed by atoms with Crippen molar-refractivity contribution >= 4 is 31.5 Å². The fourth-order valence-corrected chi connectivity index (χ4v) is 4.49. The number of sulfone groups is 1. The average Bonchev–Trinajstić information content (AvgIpc) is 2.37. The quantitative estimate of drug-likeness (QED) is 0.752. The Hall–Kier alpha value is -0.630. The SMILES string of the molecule is CC(c1cccc(Cl)c1)S(=O)(=O)CCCS(=O)(=O)N(C)C. The van der Waals surface area contributed by atoms with Crippen LogP contribution < -0.4 is 0 Å². The molecule has 0 radical (unpaired) electrons. The van der Waals surface area contributed by atoms with Crippen LogP contribution in [0.4, 0.5) is 0 Å². The van der Waals surface area contributed by atoms with Crippen LogP contribution >= 0.6 is 11.6 Å². The zero-order chi connectivity index (χ0) is 16.3. The highest BCUT2D eigenvalue weighted by atomic mass is 35.5. The molecule has 8 heteroatoms. The van der Waals surface area contributed by atoms with E-state index in [1.54, 1.807) is 31.2 Å². The van der Waals surface area contributed by atoms with Gasteiger partial charge in [0, 0.05) is 19.1 Å². The minimum atomic E-state index is -3.42. The molecule has 0 saturated carbocycles. The lowest BCUT2D eigenvalue weighted by atomic mass is 10.2. The highest BCUT2D eigenvalue weighted by molar-refractivity contribution is 7.91. The van der Waals surface area contributed by atoms with Crippen molar-refractivity contribution < 1.29 is 16.8 Å². The van der Waals surface area contributed by atoms with Gasteiger partial charge < -0.3 is 0 Å². The van der Waals surface area contributed by atoms with Crippen LogP contribution in [0, 0.1) is 0 Å². The average molecular weight is 354 g/mol. The van der Waals surface area contributed by atoms with Gasteiger partial charge in [0.05, 0.1) is 16.8 Å². The number of nitrogens with zero attached hydrogens (tertiary/aromatic N) is 1. The van der Waals surface area contributed by atoms with Crippen LogP contribution in [0.5, 0.6) is 0 Å². The molecule has 1 rings (SSSR count). The molecule has 1 aromatic rings. The zero-order valence-electron chi connectivity index (χ0n) is 12.3. The molecule has 1 atom stereocenters. The van der Waals surface area contributed by atoms with E-state index in [1.165, 1.54) is 14.1 Å². The molecule has 0 spiro atoms. The van der Waals surface area contributed by atoms with Crippen molar-refractivity contribution in [2.75, 3.05) is 25.6 Å². The first-order valence-electron chi connectivity index (χ1n) is 6.43. The van der Waals surface area contributed by atoms with Crippen LogP contribution in [0.15, 0.2) is 24.3 Å². The lowest BCUT2D eigenvalue weighted by Crippen LogP contribution is -2.26. The van der Waals surface area contributed by atoms with E-state index in [1.807, 2.05) is 0 Å². The predicted molar refractivity (Wildman–Crippen MR) is 85.7 cm³/mol. The summed E-state index contributed by atoms with van der Waals surface area (Å²) in [5.41, 5.74) is 0.609. The second-order valence-electron chi connectivity index (χ2n) is 5.02. The number of sulfonamides is 1. The summed E-state index contributed by atoms with van der Waals surface area (Å²) in [6, 6.07) is 6.68. The first kappa shape index (κ1) is 18.4. The monoisotopic (exact) mass is 353 g/mol. The van der Waals surface area contributed by atoms with Gasteiger partial charge in [0.1, 0.15) is 0 Å². The molecule has 0 amide bonds. The Kier molecular flexibility index (Phi) is 6.22. The van der Waals surface area contributed by atoms with Gasteiger partial charge in [-0.3, -0.25) is 0 Å². The second-order valence-corrected chi connectivity index (χ2v) is 10.2. The van der Waals surface area contributed by atoms with E-state index >= 15 is 0 Å². The minimum Gasteiger partial charge on any atom is -0.228 e. The van der Waals surface area contributed by atoms with Crippen LogP contribution in [0.2, 0.25) is 5.02 Å². The van der Waals surface area contributed by atoms with Crippen molar-refractivity contribution in [3.05, 3.63) is 34.9 Å². The maximum atomic E-state index is 12.2. The molecule has 0 aliphatic carbocycles. The van der Waals surface area contributed by atoms with Gasteiger partial charge in [0.15, 0.2) is 9.84 Å². The maximum absolute atomic E-state index is 12.2. The van der Waals surface area contributed by atoms with Crippen molar-refractivity contribution in [2.24, 2.45) is 0 Å². The van der Waals surface area contributed by atoms with E-state index in [-0.39, 0.29) is 17.9 Å². The molecule has 1 aromatic carbocycles. The summed E-state index contributed by atoms with van der Waals surface area (Å²) in [6.45, 7) is 1.58. The fraction of sp³-hybridized carbons (Fsp3) is 0.538. The van der Waals surface area contributed by atoms with Crippen LogP contribution in [0.1, 0.15) is 24.2 Å². The zero-order valence-corrected chi connectivity index (χ0v) is 14.7. The highest BCUT2D eigenvalue weighted by Crippen LogP contribution is 2.25. The number of rotatable bonds is 7. The van der Waals surface area contributed by atoms with E-state index in [2.05, 4.69) is 0 Å². The molecule has 0 aliphatic rings. The Labute approximate surface area is 131 Å². The van der Waals surface area contributed by atoms with Crippen molar-refractivity contribution in [3.8, 4) is 0 Å². The molecule has 120 valence electrons. The molecule has 5 nitrogen and oxygen atoms in total. The summed E-state index contributed by atoms with van der Waals surface area (Å²) in [6.07, 6.45) is 0.0771. The Morgan fingerprint density at radius 1 is 1.14 bits per heavy atom. The van der Waals surface area contributed by atoms with Crippen LogP contribution in [-0.4, -0.2) is 46.7 Å². The van der Waals surface area contributed by atoms with Gasteiger partial charge in [-0.2, -0.15) is 0 Å². The third kappa shape index (κ3) is 5.25. The Morgan fingerprint density at radius 2 is 1.76 bits per heavy atom. The van der Waals surface area contributed by atoms with E-state index in [0.29, 0.717) is 10.6 Å². The molecule has 0 N–H and O–H groups in total. The van der Waals surface area contributed by atoms with Gasteiger partial charge in [-0.05, 0) is 31.0 Å². The minimum absolute atomic E-state index is 0.0771. The van der Waals surface area contributed by atoms with Gasteiger partial charge >= 0.3 is 0 Å². The third-order valence-electron chi connectivity index (χ3n) is 3.24. The molecule has 0 bridgehead atoms. The summed E-state index contributed by atoms with van der Waals surface area (Å²) in [7, 11) is -3.93. The van der Waals surface area contributed by atoms with Crippen LogP contribution in [0.25, 0.3) is 0 Å². The van der Waals surface area contributed by atoms with Crippen LogP contribution in [0.3, 0.4) is 0 Å². The first-order chi connectivity index (χ1) is 9.56. The number of halogens is 1. The van der Waals surface area contributed by atoms with Gasteiger partial charge in [-0.1, -0.05) is 23.7 Å². The normalized spacial score (nSPS) is 14.3. The van der Waals surface area contributed by atoms with Gasteiger partial charge in [-0.25, -0.2) is 21.1 Å². The van der Waals surface area contributed by atoms with Gasteiger partial charge in [0.25, 0.3) is 0 Å². The summed E-state index contributed by atoms with van der Waals surface area (Å²) in [5, 5.41) is -0.233. The molecule has 21 heavy (non-hydrogen) atoms. The standard InChI is InChI=1S/C13H20ClNO4S2/c1-11(12-6-4-7-13(14)10-12)20(16,17)8-5-9-21(18,19)15(2)3/h4,6-7,10-11H,5,8-9H2,1-3H3. The lowest BCUT2D eigenvalue weighted by molar-refractivity contribution is 0.519. The van der Waals surface area contributed by atoms with Crippen molar-refractivity contribution in [1.82, 2.24) is 4.31 Å². The van der Waals surface area contributed by atoms with Crippen LogP contribution in [-0.2, 0) is 19.9 Å². The predicted octanol–water partition coefficient (Wildman–Crippen LogP) is 2.10. The summed E-state index contributed by atoms with van der Waals surface area (Å²) in [4.78, 5) is 0. The Morgan fingerprint density at radius 3 is 2.29 bits per heavy atom. The van der Waals surface area contributed by atoms with E-state index in [9.17, 15) is 16.8 Å². The molecule has 0 fully saturated rings. The smallest absolute Gasteiger partial charge is 0.213 e. The van der Waals surface area contributed by atoms with Crippen molar-refractivity contribution in [2.45, 2.75) is 18.6 Å². The van der Waals surface area contributed by atoms with E-state index < -0.39 is 25.1 Å². The summed E-state index contributed by atoms with van der Waals surface area (Å²) < 4.78 is 48.8. The largest absolute Gasteiger partial charge is 0.228 e. The summed E-state index contributed by atoms with van der Waals surface area (Å²) in [5.74, 6) is -0.352.